The Morgan fingerprint density at radius 3 is 2.65 bits per heavy atom. The summed E-state index contributed by atoms with van der Waals surface area (Å²) < 4.78 is 2.01. The lowest BCUT2D eigenvalue weighted by Crippen LogP contribution is -2.19. The molecule has 2 N–H and O–H groups in total. The number of rotatable bonds is 6. The maximum Gasteiger partial charge on any atom is 0.138 e. The number of nitrogens with zero attached hydrogens (tertiary/aromatic N) is 3. The molecule has 0 amide bonds. The molecule has 4 nitrogen and oxygen atoms in total. The third kappa shape index (κ3) is 3.45. The summed E-state index contributed by atoms with van der Waals surface area (Å²) in [5, 5.41) is 4.32. The molecule has 1 aromatic carbocycles. The zero-order valence-corrected chi connectivity index (χ0v) is 12.6. The highest BCUT2D eigenvalue weighted by molar-refractivity contribution is 5.30. The fourth-order valence-corrected chi connectivity index (χ4v) is 2.53. The van der Waals surface area contributed by atoms with E-state index in [1.807, 2.05) is 4.68 Å². The van der Waals surface area contributed by atoms with Crippen molar-refractivity contribution in [2.45, 2.75) is 39.7 Å². The molecule has 0 radical (unpaired) electrons. The fraction of sp³-hybridized carbons (Fsp3) is 0.500. The molecule has 2 aromatic rings. The van der Waals surface area contributed by atoms with E-state index in [1.54, 1.807) is 6.33 Å². The van der Waals surface area contributed by atoms with Gasteiger partial charge in [0.05, 0.1) is 0 Å². The number of hydrogen-bond acceptors (Lipinski definition) is 3. The van der Waals surface area contributed by atoms with Crippen LogP contribution >= 0.6 is 0 Å². The molecule has 2 rings (SSSR count). The highest BCUT2D eigenvalue weighted by Crippen LogP contribution is 2.22. The molecule has 1 unspecified atom stereocenters. The van der Waals surface area contributed by atoms with Gasteiger partial charge in [0, 0.05) is 18.9 Å². The SMILES string of the molecule is Cc1ccccc1C(CN)Cc1ncnn1CC(C)C. The number of aryl methyl sites for hydroxylation is 1. The van der Waals surface area contributed by atoms with Crippen molar-refractivity contribution in [1.82, 2.24) is 14.8 Å². The van der Waals surface area contributed by atoms with Crippen molar-refractivity contribution in [3.63, 3.8) is 0 Å². The zero-order chi connectivity index (χ0) is 14.5. The van der Waals surface area contributed by atoms with Crippen LogP contribution in [0.25, 0.3) is 0 Å². The van der Waals surface area contributed by atoms with Crippen LogP contribution in [0.2, 0.25) is 0 Å². The molecular formula is C16H24N4. The summed E-state index contributed by atoms with van der Waals surface area (Å²) in [6.07, 6.45) is 2.48. The topological polar surface area (TPSA) is 56.7 Å². The van der Waals surface area contributed by atoms with Crippen LogP contribution in [0.3, 0.4) is 0 Å². The van der Waals surface area contributed by atoms with E-state index in [1.165, 1.54) is 11.1 Å². The summed E-state index contributed by atoms with van der Waals surface area (Å²) in [4.78, 5) is 4.41. The Hall–Kier alpha value is -1.68. The van der Waals surface area contributed by atoms with E-state index < -0.39 is 0 Å². The molecule has 1 heterocycles. The number of hydrogen-bond donors (Lipinski definition) is 1. The molecule has 0 aliphatic heterocycles. The number of nitrogens with two attached hydrogens (primary N) is 1. The van der Waals surface area contributed by atoms with Crippen molar-refractivity contribution in [1.29, 1.82) is 0 Å². The normalized spacial score (nSPS) is 12.8. The summed E-state index contributed by atoms with van der Waals surface area (Å²) in [5.41, 5.74) is 8.59. The van der Waals surface area contributed by atoms with Crippen molar-refractivity contribution >= 4 is 0 Å². The van der Waals surface area contributed by atoms with Gasteiger partial charge in [-0.15, -0.1) is 0 Å². The molecule has 0 saturated heterocycles. The lowest BCUT2D eigenvalue weighted by molar-refractivity contribution is 0.459. The highest BCUT2D eigenvalue weighted by Gasteiger charge is 2.16. The third-order valence-corrected chi connectivity index (χ3v) is 3.58. The maximum atomic E-state index is 5.98. The van der Waals surface area contributed by atoms with Gasteiger partial charge >= 0.3 is 0 Å². The zero-order valence-electron chi connectivity index (χ0n) is 12.6. The average Bonchev–Trinajstić information content (AvgIpc) is 2.83. The van der Waals surface area contributed by atoms with Crippen LogP contribution in [0.4, 0.5) is 0 Å². The smallest absolute Gasteiger partial charge is 0.138 e. The van der Waals surface area contributed by atoms with E-state index in [9.17, 15) is 0 Å². The van der Waals surface area contributed by atoms with Crippen LogP contribution in [0.15, 0.2) is 30.6 Å². The van der Waals surface area contributed by atoms with Crippen LogP contribution in [-0.4, -0.2) is 21.3 Å². The van der Waals surface area contributed by atoms with E-state index in [0.717, 1.165) is 18.8 Å². The third-order valence-electron chi connectivity index (χ3n) is 3.58. The van der Waals surface area contributed by atoms with E-state index in [-0.39, 0.29) is 0 Å². The summed E-state index contributed by atoms with van der Waals surface area (Å²) in [5.74, 6) is 1.88. The van der Waals surface area contributed by atoms with Gasteiger partial charge in [0.2, 0.25) is 0 Å². The molecule has 1 atom stereocenters. The first-order valence-electron chi connectivity index (χ1n) is 7.24. The van der Waals surface area contributed by atoms with Gasteiger partial charge in [0.25, 0.3) is 0 Å². The molecule has 0 aliphatic carbocycles. The van der Waals surface area contributed by atoms with Crippen molar-refractivity contribution in [2.24, 2.45) is 11.7 Å². The van der Waals surface area contributed by atoms with Gasteiger partial charge < -0.3 is 5.73 Å². The number of aromatic nitrogens is 3. The Balaban J connectivity index is 2.19. The van der Waals surface area contributed by atoms with Gasteiger partial charge in [-0.2, -0.15) is 5.10 Å². The molecule has 4 heteroatoms. The van der Waals surface area contributed by atoms with Crippen LogP contribution in [-0.2, 0) is 13.0 Å². The standard InChI is InChI=1S/C16H24N4/c1-12(2)10-20-16(18-11-19-20)8-14(9-17)15-7-5-4-6-13(15)3/h4-7,11-12,14H,8-10,17H2,1-3H3. The summed E-state index contributed by atoms with van der Waals surface area (Å²) in [7, 11) is 0. The second-order valence-corrected chi connectivity index (χ2v) is 5.75. The van der Waals surface area contributed by atoms with E-state index >= 15 is 0 Å². The second kappa shape index (κ2) is 6.66. The van der Waals surface area contributed by atoms with E-state index in [0.29, 0.717) is 18.4 Å². The molecule has 0 bridgehead atoms. The molecule has 0 aliphatic rings. The first kappa shape index (κ1) is 14.7. The summed E-state index contributed by atoms with van der Waals surface area (Å²) >= 11 is 0. The van der Waals surface area contributed by atoms with E-state index in [2.05, 4.69) is 55.1 Å². The van der Waals surface area contributed by atoms with Crippen LogP contribution < -0.4 is 5.73 Å². The predicted octanol–water partition coefficient (Wildman–Crippen LogP) is 2.53. The monoisotopic (exact) mass is 272 g/mol. The molecule has 0 spiro atoms. The average molecular weight is 272 g/mol. The van der Waals surface area contributed by atoms with Crippen LogP contribution in [0, 0.1) is 12.8 Å². The Morgan fingerprint density at radius 2 is 2.00 bits per heavy atom. The molecule has 0 fully saturated rings. The van der Waals surface area contributed by atoms with Gasteiger partial charge in [-0.25, -0.2) is 9.67 Å². The second-order valence-electron chi connectivity index (χ2n) is 5.75. The van der Waals surface area contributed by atoms with Crippen molar-refractivity contribution in [3.8, 4) is 0 Å². The molecule has 108 valence electrons. The van der Waals surface area contributed by atoms with Crippen molar-refractivity contribution in [3.05, 3.63) is 47.5 Å². The lowest BCUT2D eigenvalue weighted by atomic mass is 9.92. The van der Waals surface area contributed by atoms with Crippen molar-refractivity contribution < 1.29 is 0 Å². The molecular weight excluding hydrogens is 248 g/mol. The Morgan fingerprint density at radius 1 is 1.25 bits per heavy atom. The fourth-order valence-electron chi connectivity index (χ4n) is 2.53. The van der Waals surface area contributed by atoms with Gasteiger partial charge in [0.15, 0.2) is 0 Å². The Bertz CT molecular complexity index is 545. The first-order valence-corrected chi connectivity index (χ1v) is 7.24. The van der Waals surface area contributed by atoms with Crippen LogP contribution in [0.1, 0.15) is 36.7 Å². The van der Waals surface area contributed by atoms with Gasteiger partial charge in [-0.1, -0.05) is 38.1 Å². The van der Waals surface area contributed by atoms with Gasteiger partial charge in [-0.3, -0.25) is 0 Å². The van der Waals surface area contributed by atoms with Crippen molar-refractivity contribution in [2.75, 3.05) is 6.54 Å². The van der Waals surface area contributed by atoms with Gasteiger partial charge in [0.1, 0.15) is 12.2 Å². The molecule has 1 aromatic heterocycles. The maximum absolute atomic E-state index is 5.98. The first-order chi connectivity index (χ1) is 9.61. The van der Waals surface area contributed by atoms with Crippen LogP contribution in [0.5, 0.6) is 0 Å². The minimum Gasteiger partial charge on any atom is -0.330 e. The molecule has 0 saturated carbocycles. The molecule has 20 heavy (non-hydrogen) atoms. The summed E-state index contributed by atoms with van der Waals surface area (Å²) in [6, 6.07) is 8.43. The number of benzene rings is 1. The summed E-state index contributed by atoms with van der Waals surface area (Å²) in [6.45, 7) is 8.04. The minimum atomic E-state index is 0.298. The van der Waals surface area contributed by atoms with E-state index in [4.69, 9.17) is 5.73 Å². The Kier molecular flexibility index (Phi) is 4.90. The van der Waals surface area contributed by atoms with Gasteiger partial charge in [-0.05, 0) is 30.5 Å². The Labute approximate surface area is 121 Å². The minimum absolute atomic E-state index is 0.298. The quantitative estimate of drug-likeness (QED) is 0.879. The lowest BCUT2D eigenvalue weighted by Gasteiger charge is -2.18. The highest BCUT2D eigenvalue weighted by atomic mass is 15.3. The largest absolute Gasteiger partial charge is 0.330 e. The predicted molar refractivity (Wildman–Crippen MR) is 81.5 cm³/mol.